The number of aromatic hydroxyl groups is 3. The second-order valence-corrected chi connectivity index (χ2v) is 31.6. The molecule has 6 heterocycles. The summed E-state index contributed by atoms with van der Waals surface area (Å²) in [6, 6.07) is 64.4. The van der Waals surface area contributed by atoms with Gasteiger partial charge in [-0.2, -0.15) is 0 Å². The van der Waals surface area contributed by atoms with Crippen LogP contribution in [0.5, 0.6) is 51.7 Å². The second-order valence-electron chi connectivity index (χ2n) is 28.5. The summed E-state index contributed by atoms with van der Waals surface area (Å²) < 4.78 is 21.4. The van der Waals surface area contributed by atoms with Gasteiger partial charge in [0.1, 0.15) is 49.1 Å². The van der Waals surface area contributed by atoms with E-state index in [1.54, 1.807) is 36.4 Å². The second kappa shape index (κ2) is 34.0. The van der Waals surface area contributed by atoms with E-state index in [0.29, 0.717) is 65.8 Å². The van der Waals surface area contributed by atoms with Gasteiger partial charge in [-0.05, 0) is 242 Å². The molecule has 0 unspecified atom stereocenters. The molecule has 3 N–H and O–H groups in total. The molecule has 0 saturated carbocycles. The number of carbonyl (C=O) groups is 3. The van der Waals surface area contributed by atoms with E-state index in [1.807, 2.05) is 147 Å². The van der Waals surface area contributed by atoms with Crippen molar-refractivity contribution in [2.75, 3.05) is 58.9 Å². The monoisotopic (exact) mass is 1440 g/mol. The molecule has 12 aromatic rings. The Kier molecular flexibility index (Phi) is 23.8. The molecule has 9 aromatic carbocycles. The first-order chi connectivity index (χ1) is 50.5. The average Bonchev–Trinajstić information content (AvgIpc) is 1.64. The fraction of sp³-hybridized carbons (Fsp3) is 0.292. The van der Waals surface area contributed by atoms with Crippen LogP contribution in [0.1, 0.15) is 133 Å². The van der Waals surface area contributed by atoms with Crippen molar-refractivity contribution >= 4 is 81.6 Å². The molecule has 0 radical (unpaired) electrons. The van der Waals surface area contributed by atoms with Crippen LogP contribution >= 0.6 is 34.0 Å². The van der Waals surface area contributed by atoms with Gasteiger partial charge in [0, 0.05) is 66.6 Å². The van der Waals surface area contributed by atoms with Crippen molar-refractivity contribution in [1.29, 1.82) is 0 Å². The zero-order chi connectivity index (χ0) is 72.2. The van der Waals surface area contributed by atoms with Crippen LogP contribution in [0.2, 0.25) is 0 Å². The Morgan fingerprint density at radius 1 is 0.394 bits per heavy atom. The van der Waals surface area contributed by atoms with Crippen molar-refractivity contribution in [2.24, 2.45) is 17.8 Å². The molecule has 0 spiro atoms. The Bertz CT molecular complexity index is 4930. The zero-order valence-corrected chi connectivity index (χ0v) is 62.4. The number of ether oxygens (including phenoxy) is 3. The molecule has 0 aliphatic carbocycles. The molecule has 3 saturated heterocycles. The lowest BCUT2D eigenvalue weighted by Crippen LogP contribution is -2.21. The highest BCUT2D eigenvalue weighted by Gasteiger charge is 2.27. The lowest BCUT2D eigenvalue weighted by atomic mass is 10.0. The number of fused-ring (bicyclic) bond motifs is 3. The minimum atomic E-state index is -0.0795. The molecule has 3 atom stereocenters. The maximum Gasteiger partial charge on any atom is 0.207 e. The molecule has 104 heavy (non-hydrogen) atoms. The van der Waals surface area contributed by atoms with Crippen molar-refractivity contribution < 1.29 is 43.9 Å². The summed E-state index contributed by atoms with van der Waals surface area (Å²) in [6.45, 7) is 21.8. The molecule has 0 amide bonds. The molecule has 3 aliphatic heterocycles. The van der Waals surface area contributed by atoms with Gasteiger partial charge >= 0.3 is 0 Å². The predicted molar refractivity (Wildman–Crippen MR) is 425 cm³/mol. The lowest BCUT2D eigenvalue weighted by Gasteiger charge is -2.15. The number of hydrogen-bond donors (Lipinski definition) is 3. The highest BCUT2D eigenvalue weighted by Crippen LogP contribution is 2.46. The largest absolute Gasteiger partial charge is 0.508 e. The summed E-state index contributed by atoms with van der Waals surface area (Å²) >= 11 is 4.06. The van der Waals surface area contributed by atoms with E-state index in [-0.39, 0.29) is 34.6 Å². The first-order valence-corrected chi connectivity index (χ1v) is 39.0. The van der Waals surface area contributed by atoms with Crippen molar-refractivity contribution in [3.63, 3.8) is 0 Å². The Morgan fingerprint density at radius 3 is 1.08 bits per heavy atom. The number of hydrogen-bond acceptors (Lipinski definition) is 15. The molecular formula is C89H91N3O9S3. The number of likely N-dealkylation sites (tertiary alicyclic amines) is 3. The van der Waals surface area contributed by atoms with Gasteiger partial charge in [-0.1, -0.05) is 142 Å². The van der Waals surface area contributed by atoms with Gasteiger partial charge in [-0.15, -0.1) is 34.0 Å². The van der Waals surface area contributed by atoms with Crippen LogP contribution in [0.4, 0.5) is 0 Å². The molecule has 3 fully saturated rings. The van der Waals surface area contributed by atoms with Crippen molar-refractivity contribution in [2.45, 2.75) is 92.4 Å². The number of carbonyl (C=O) groups excluding carboxylic acids is 3. The molecule has 3 aliphatic rings. The highest BCUT2D eigenvalue weighted by atomic mass is 32.1. The van der Waals surface area contributed by atoms with Crippen LogP contribution in [0.3, 0.4) is 0 Å². The third kappa shape index (κ3) is 18.4. The normalized spacial score (nSPS) is 16.1. The van der Waals surface area contributed by atoms with E-state index in [9.17, 15) is 29.7 Å². The standard InChI is InChI=1S/2C30H31NO3S.C29H29NO3S/c1-20-5-9-23(10-6-20)28(33)30-29(26-14-11-24(32)18-27(26)35-30)34-25-12-7-22(8-13-25)4-3-16-31-17-15-21(2)19-31;1-20-15-17-31(19-20)16-5-7-22-9-12-24(13-10-22)34-29-26-14-11-23(32)18-27(26)35-30(29)28(33)25-8-4-3-6-21(25)2;1-20-15-17-30(19-20)16-5-6-21-9-12-24(13-10-21)33-28-25-14-11-23(31)18-26(25)34-29(28)27(32)22-7-3-2-4-8-22/h5-14,18,21,32H,3-4,15-17,19H2,1-2H3;3-4,6,8-14,18,20,32H,5,7,15-17,19H2,1-2H3;2-4,7-14,18,20,31H,5-6,15-17,19H2,1H3/t21-;2*20-/m000/s1. The van der Waals surface area contributed by atoms with Crippen molar-refractivity contribution in [3.05, 3.63) is 265 Å². The molecule has 15 heteroatoms. The van der Waals surface area contributed by atoms with E-state index in [0.717, 1.165) is 117 Å². The highest BCUT2D eigenvalue weighted by molar-refractivity contribution is 7.22. The minimum Gasteiger partial charge on any atom is -0.508 e. The maximum atomic E-state index is 13.5. The van der Waals surface area contributed by atoms with E-state index >= 15 is 0 Å². The fourth-order valence-corrected chi connectivity index (χ4v) is 17.5. The number of thiophene rings is 3. The summed E-state index contributed by atoms with van der Waals surface area (Å²) in [5, 5.41) is 32.4. The van der Waals surface area contributed by atoms with Crippen LogP contribution < -0.4 is 14.2 Å². The lowest BCUT2D eigenvalue weighted by molar-refractivity contribution is 0.103. The summed E-state index contributed by atoms with van der Waals surface area (Å²) in [5.41, 5.74) is 7.81. The zero-order valence-electron chi connectivity index (χ0n) is 59.9. The van der Waals surface area contributed by atoms with Gasteiger partial charge < -0.3 is 44.2 Å². The fourth-order valence-electron chi connectivity index (χ4n) is 14.2. The number of rotatable bonds is 24. The number of ketones is 3. The van der Waals surface area contributed by atoms with Gasteiger partial charge in [-0.25, -0.2) is 0 Å². The van der Waals surface area contributed by atoms with Gasteiger partial charge in [0.2, 0.25) is 17.3 Å². The van der Waals surface area contributed by atoms with Crippen molar-refractivity contribution in [1.82, 2.24) is 14.7 Å². The first kappa shape index (κ1) is 72.9. The van der Waals surface area contributed by atoms with Gasteiger partial charge in [0.15, 0.2) is 17.2 Å². The van der Waals surface area contributed by atoms with Gasteiger partial charge in [0.25, 0.3) is 0 Å². The summed E-state index contributed by atoms with van der Waals surface area (Å²) in [7, 11) is 0. The number of benzene rings is 9. The first-order valence-electron chi connectivity index (χ1n) is 36.6. The molecule has 0 bridgehead atoms. The van der Waals surface area contributed by atoms with Crippen LogP contribution in [-0.2, 0) is 19.3 Å². The van der Waals surface area contributed by atoms with Crippen molar-refractivity contribution in [3.8, 4) is 51.7 Å². The quantitative estimate of drug-likeness (QED) is 0.0494. The third-order valence-electron chi connectivity index (χ3n) is 20.0. The van der Waals surface area contributed by atoms with E-state index in [1.165, 1.54) is 109 Å². The predicted octanol–water partition coefficient (Wildman–Crippen LogP) is 21.3. The van der Waals surface area contributed by atoms with Gasteiger partial charge in [0.05, 0.1) is 0 Å². The van der Waals surface area contributed by atoms with Crippen LogP contribution in [0.25, 0.3) is 30.3 Å². The Morgan fingerprint density at radius 2 is 0.731 bits per heavy atom. The number of phenols is 3. The van der Waals surface area contributed by atoms with E-state index < -0.39 is 0 Å². The summed E-state index contributed by atoms with van der Waals surface area (Å²) in [5.74, 6) is 6.53. The number of nitrogens with zero attached hydrogens (tertiary/aromatic N) is 3. The topological polar surface area (TPSA) is 149 Å². The SMILES string of the molecule is C[C@H]1CCN(CCCc2ccc(Oc3c(C(=O)c4ccccc4)sc4cc(O)ccc34)cc2)C1.Cc1ccc(C(=O)c2sc3cc(O)ccc3c2Oc2ccc(CCCN3CC[C@H](C)C3)cc2)cc1.Cc1ccccc1C(=O)c1sc2cc(O)ccc2c1Oc1ccc(CCCN2CC[C@H](C)C2)cc1. The van der Waals surface area contributed by atoms with E-state index in [2.05, 4.69) is 71.9 Å². The Hall–Kier alpha value is -9.45. The van der Waals surface area contributed by atoms with Gasteiger partial charge in [-0.3, -0.25) is 14.4 Å². The molecule has 15 rings (SSSR count). The van der Waals surface area contributed by atoms with Crippen LogP contribution in [-0.4, -0.2) is 106 Å². The summed E-state index contributed by atoms with van der Waals surface area (Å²) in [6.07, 6.45) is 10.5. The number of phenolic OH excluding ortho intramolecular Hbond substituents is 3. The number of aryl methyl sites for hydroxylation is 5. The molecule has 534 valence electrons. The average molecular weight is 1440 g/mol. The Balaban J connectivity index is 0.000000139. The smallest absolute Gasteiger partial charge is 0.207 e. The molecular weight excluding hydrogens is 1350 g/mol. The van der Waals surface area contributed by atoms with Crippen LogP contribution in [0, 0.1) is 31.6 Å². The minimum absolute atomic E-state index is 0.0633. The summed E-state index contributed by atoms with van der Waals surface area (Å²) in [4.78, 5) is 49.5. The van der Waals surface area contributed by atoms with Crippen LogP contribution in [0.15, 0.2) is 206 Å². The molecule has 12 nitrogen and oxygen atoms in total. The van der Waals surface area contributed by atoms with E-state index in [4.69, 9.17) is 14.2 Å². The molecule has 3 aromatic heterocycles. The third-order valence-corrected chi connectivity index (χ3v) is 23.4. The Labute approximate surface area is 622 Å². The maximum absolute atomic E-state index is 13.5.